The van der Waals surface area contributed by atoms with Gasteiger partial charge in [0.05, 0.1) is 5.41 Å². The van der Waals surface area contributed by atoms with E-state index in [0.29, 0.717) is 0 Å². The van der Waals surface area contributed by atoms with E-state index in [1.807, 2.05) is 6.07 Å². The number of fused-ring (bicyclic) bond motifs is 13. The molecular weight excluding hydrogens is 617 g/mol. The normalized spacial score (nSPS) is 16.8. The smallest absolute Gasteiger partial charge is 0.131 e. The largest absolute Gasteiger partial charge is 0.457 e. The third kappa shape index (κ3) is 3.81. The van der Waals surface area contributed by atoms with Gasteiger partial charge in [-0.05, 0) is 114 Å². The van der Waals surface area contributed by atoms with E-state index in [9.17, 15) is 0 Å². The first-order chi connectivity index (χ1) is 25.0. The zero-order valence-electron chi connectivity index (χ0n) is 28.6. The lowest BCUT2D eigenvalue weighted by Crippen LogP contribution is -2.25. The molecule has 3 aliphatic rings. The second-order valence-electron chi connectivity index (χ2n) is 14.9. The molecule has 0 aromatic heterocycles. The number of hydrogen-bond acceptors (Lipinski definition) is 1. The van der Waals surface area contributed by atoms with Gasteiger partial charge in [0.15, 0.2) is 0 Å². The third-order valence-electron chi connectivity index (χ3n) is 11.9. The molecule has 0 saturated carbocycles. The van der Waals surface area contributed by atoms with Crippen LogP contribution in [0, 0.1) is 0 Å². The molecule has 0 radical (unpaired) electrons. The molecular formula is C50H34O. The molecule has 1 atom stereocenters. The fourth-order valence-electron chi connectivity index (χ4n) is 9.48. The molecule has 0 saturated heterocycles. The van der Waals surface area contributed by atoms with Crippen LogP contribution >= 0.6 is 0 Å². The topological polar surface area (TPSA) is 9.23 Å². The van der Waals surface area contributed by atoms with Crippen LogP contribution in [0.25, 0.3) is 55.3 Å². The Morgan fingerprint density at radius 2 is 0.804 bits per heavy atom. The summed E-state index contributed by atoms with van der Waals surface area (Å²) < 4.78 is 6.35. The van der Waals surface area contributed by atoms with Crippen molar-refractivity contribution >= 4 is 10.8 Å². The Hall–Kier alpha value is -6.18. The molecule has 1 spiro atoms. The van der Waals surface area contributed by atoms with Gasteiger partial charge in [0, 0.05) is 16.5 Å². The van der Waals surface area contributed by atoms with Crippen LogP contribution < -0.4 is 4.74 Å². The van der Waals surface area contributed by atoms with Crippen molar-refractivity contribution in [1.29, 1.82) is 0 Å². The highest BCUT2D eigenvalue weighted by Gasteiger charge is 2.51. The van der Waals surface area contributed by atoms with Crippen molar-refractivity contribution in [2.75, 3.05) is 0 Å². The van der Waals surface area contributed by atoms with Crippen molar-refractivity contribution in [2.24, 2.45) is 0 Å². The molecule has 8 aromatic rings. The summed E-state index contributed by atoms with van der Waals surface area (Å²) in [6.07, 6.45) is 0. The molecule has 1 nitrogen and oxygen atoms in total. The lowest BCUT2D eigenvalue weighted by molar-refractivity contribution is 0.418. The Morgan fingerprint density at radius 3 is 1.51 bits per heavy atom. The molecule has 1 aliphatic heterocycles. The van der Waals surface area contributed by atoms with E-state index in [1.54, 1.807) is 0 Å². The maximum atomic E-state index is 6.35. The Kier molecular flexibility index (Phi) is 5.72. The van der Waals surface area contributed by atoms with Crippen molar-refractivity contribution in [3.63, 3.8) is 0 Å². The van der Waals surface area contributed by atoms with Gasteiger partial charge in [-0.25, -0.2) is 0 Å². The molecule has 2 aliphatic carbocycles. The Morgan fingerprint density at radius 1 is 0.333 bits per heavy atom. The lowest BCUT2D eigenvalue weighted by atomic mass is 9.70. The summed E-state index contributed by atoms with van der Waals surface area (Å²) in [4.78, 5) is 0. The van der Waals surface area contributed by atoms with Gasteiger partial charge in [-0.1, -0.05) is 147 Å². The third-order valence-corrected chi connectivity index (χ3v) is 11.9. The highest BCUT2D eigenvalue weighted by Crippen LogP contribution is 2.63. The number of rotatable bonds is 2. The van der Waals surface area contributed by atoms with E-state index in [1.165, 1.54) is 88.7 Å². The van der Waals surface area contributed by atoms with E-state index in [0.717, 1.165) is 11.5 Å². The van der Waals surface area contributed by atoms with E-state index < -0.39 is 0 Å². The maximum Gasteiger partial charge on any atom is 0.131 e. The Balaban J connectivity index is 1.05. The van der Waals surface area contributed by atoms with Crippen LogP contribution in [-0.4, -0.2) is 0 Å². The summed E-state index contributed by atoms with van der Waals surface area (Å²) >= 11 is 0. The first-order valence-corrected chi connectivity index (χ1v) is 17.9. The van der Waals surface area contributed by atoms with Gasteiger partial charge in [-0.15, -0.1) is 0 Å². The van der Waals surface area contributed by atoms with Gasteiger partial charge in [0.1, 0.15) is 11.5 Å². The second-order valence-corrected chi connectivity index (χ2v) is 14.9. The minimum Gasteiger partial charge on any atom is -0.457 e. The van der Waals surface area contributed by atoms with Crippen molar-refractivity contribution in [1.82, 2.24) is 0 Å². The zero-order valence-corrected chi connectivity index (χ0v) is 28.6. The fourth-order valence-corrected chi connectivity index (χ4v) is 9.48. The van der Waals surface area contributed by atoms with Gasteiger partial charge < -0.3 is 4.74 Å². The Labute approximate surface area is 298 Å². The van der Waals surface area contributed by atoms with E-state index in [2.05, 4.69) is 178 Å². The highest BCUT2D eigenvalue weighted by atomic mass is 16.5. The van der Waals surface area contributed by atoms with E-state index >= 15 is 0 Å². The number of ether oxygens (including phenoxy) is 1. The second kappa shape index (κ2) is 10.2. The molecule has 8 aromatic carbocycles. The molecule has 1 unspecified atom stereocenters. The van der Waals surface area contributed by atoms with Crippen LogP contribution in [0.5, 0.6) is 11.5 Å². The Bertz CT molecular complexity index is 2750. The van der Waals surface area contributed by atoms with Crippen LogP contribution in [0.3, 0.4) is 0 Å². The van der Waals surface area contributed by atoms with Gasteiger partial charge >= 0.3 is 0 Å². The predicted molar refractivity (Wildman–Crippen MR) is 210 cm³/mol. The maximum absolute atomic E-state index is 6.35. The molecule has 0 amide bonds. The van der Waals surface area contributed by atoms with Crippen LogP contribution in [0.1, 0.15) is 47.2 Å². The molecule has 0 N–H and O–H groups in total. The fraction of sp³-hybridized carbons (Fsp3) is 0.0800. The van der Waals surface area contributed by atoms with Crippen molar-refractivity contribution in [3.8, 4) is 56.0 Å². The summed E-state index contributed by atoms with van der Waals surface area (Å²) in [5.74, 6) is 1.89. The molecule has 11 rings (SSSR count). The summed E-state index contributed by atoms with van der Waals surface area (Å²) in [5.41, 5.74) is 17.6. The molecule has 51 heavy (non-hydrogen) atoms. The lowest BCUT2D eigenvalue weighted by Gasteiger charge is -2.34. The van der Waals surface area contributed by atoms with E-state index in [4.69, 9.17) is 4.74 Å². The molecule has 0 fully saturated rings. The predicted octanol–water partition coefficient (Wildman–Crippen LogP) is 12.9. The minimum absolute atomic E-state index is 0.151. The molecule has 1 heteroatoms. The zero-order chi connectivity index (χ0) is 33.9. The van der Waals surface area contributed by atoms with Gasteiger partial charge in [-0.3, -0.25) is 0 Å². The van der Waals surface area contributed by atoms with Crippen molar-refractivity contribution in [2.45, 2.75) is 24.7 Å². The number of hydrogen-bond donors (Lipinski definition) is 0. The number of para-hydroxylation sites is 1. The minimum atomic E-state index is -0.380. The standard InChI is InChI=1S/C50H34O/c1-49(2)43-17-9-10-18-47(43)51-48-26-24-36(30-46(48)49)32-21-19-31(20-22-32)35-23-25-39-37-13-5-7-15-41(37)50(44(39)29-35)42-16-8-6-14-38(42)40-27-33-11-3-4-12-34(33)28-45(40)50/h3-30H,1-2H3. The summed E-state index contributed by atoms with van der Waals surface area (Å²) in [6, 6.07) is 63.1. The molecule has 0 bridgehead atoms. The summed E-state index contributed by atoms with van der Waals surface area (Å²) in [7, 11) is 0. The van der Waals surface area contributed by atoms with Crippen molar-refractivity contribution < 1.29 is 4.74 Å². The average molecular weight is 651 g/mol. The van der Waals surface area contributed by atoms with E-state index in [-0.39, 0.29) is 10.8 Å². The first-order valence-electron chi connectivity index (χ1n) is 17.9. The number of benzene rings is 8. The van der Waals surface area contributed by atoms with Crippen LogP contribution in [-0.2, 0) is 10.8 Å². The SMILES string of the molecule is CC1(C)c2ccccc2Oc2ccc(-c3ccc(-c4ccc5c(c4)C4(c6ccccc6-5)c5ccccc5-c5cc6ccccc6cc54)cc3)cc21. The monoisotopic (exact) mass is 650 g/mol. The summed E-state index contributed by atoms with van der Waals surface area (Å²) in [5, 5.41) is 2.56. The van der Waals surface area contributed by atoms with Crippen LogP contribution in [0.2, 0.25) is 0 Å². The first kappa shape index (κ1) is 28.6. The molecule has 1 heterocycles. The highest BCUT2D eigenvalue weighted by molar-refractivity contribution is 6.00. The van der Waals surface area contributed by atoms with Gasteiger partial charge in [0.2, 0.25) is 0 Å². The van der Waals surface area contributed by atoms with Gasteiger partial charge in [-0.2, -0.15) is 0 Å². The van der Waals surface area contributed by atoms with Crippen LogP contribution in [0.4, 0.5) is 0 Å². The average Bonchev–Trinajstić information content (AvgIpc) is 3.63. The quantitative estimate of drug-likeness (QED) is 0.181. The summed E-state index contributed by atoms with van der Waals surface area (Å²) in [6.45, 7) is 4.59. The van der Waals surface area contributed by atoms with Crippen molar-refractivity contribution in [3.05, 3.63) is 203 Å². The molecule has 240 valence electrons. The van der Waals surface area contributed by atoms with Gasteiger partial charge in [0.25, 0.3) is 0 Å². The van der Waals surface area contributed by atoms with Crippen LogP contribution in [0.15, 0.2) is 170 Å².